The van der Waals surface area contributed by atoms with Crippen molar-refractivity contribution in [1.82, 2.24) is 5.32 Å². The van der Waals surface area contributed by atoms with E-state index in [2.05, 4.69) is 5.32 Å². The smallest absolute Gasteiger partial charge is 0.220 e. The second-order valence-corrected chi connectivity index (χ2v) is 7.74. The van der Waals surface area contributed by atoms with Gasteiger partial charge in [-0.05, 0) is 37.1 Å². The standard InChI is InChI=1S/C14H18ClNO4S/c15-11-3-5-13(6-4-11)20-8-1-2-14(17)16-12-7-9-21(18,19)10-12/h3-6,12H,1-2,7-10H2,(H,16,17). The average Bonchev–Trinajstić information content (AvgIpc) is 2.76. The minimum Gasteiger partial charge on any atom is -0.494 e. The van der Waals surface area contributed by atoms with Crippen molar-refractivity contribution in [2.24, 2.45) is 0 Å². The van der Waals surface area contributed by atoms with E-state index >= 15 is 0 Å². The molecule has 5 nitrogen and oxygen atoms in total. The number of amides is 1. The van der Waals surface area contributed by atoms with E-state index in [4.69, 9.17) is 16.3 Å². The van der Waals surface area contributed by atoms with Crippen molar-refractivity contribution in [2.45, 2.75) is 25.3 Å². The van der Waals surface area contributed by atoms with Crippen molar-refractivity contribution in [2.75, 3.05) is 18.1 Å². The molecule has 1 atom stereocenters. The normalized spacial score (nSPS) is 20.1. The molecular formula is C14H18ClNO4S. The van der Waals surface area contributed by atoms with Gasteiger partial charge in [0, 0.05) is 17.5 Å². The molecule has 0 spiro atoms. The number of nitrogens with one attached hydrogen (secondary N) is 1. The summed E-state index contributed by atoms with van der Waals surface area (Å²) in [5, 5.41) is 3.40. The van der Waals surface area contributed by atoms with Crippen molar-refractivity contribution >= 4 is 27.3 Å². The molecule has 1 aliphatic heterocycles. The molecule has 1 saturated heterocycles. The van der Waals surface area contributed by atoms with Crippen LogP contribution >= 0.6 is 11.6 Å². The SMILES string of the molecule is O=C(CCCOc1ccc(Cl)cc1)NC1CCS(=O)(=O)C1. The molecule has 2 rings (SSSR count). The molecular weight excluding hydrogens is 314 g/mol. The highest BCUT2D eigenvalue weighted by Crippen LogP contribution is 2.16. The van der Waals surface area contributed by atoms with Crippen LogP contribution in [0.4, 0.5) is 0 Å². The van der Waals surface area contributed by atoms with E-state index in [1.54, 1.807) is 24.3 Å². The topological polar surface area (TPSA) is 72.5 Å². The van der Waals surface area contributed by atoms with Crippen molar-refractivity contribution in [3.8, 4) is 5.75 Å². The van der Waals surface area contributed by atoms with Crippen LogP contribution in [0.15, 0.2) is 24.3 Å². The summed E-state index contributed by atoms with van der Waals surface area (Å²) in [6.07, 6.45) is 1.41. The Kier molecular flexibility index (Phi) is 5.47. The largest absolute Gasteiger partial charge is 0.494 e. The van der Waals surface area contributed by atoms with E-state index in [9.17, 15) is 13.2 Å². The zero-order valence-corrected chi connectivity index (χ0v) is 13.1. The molecule has 1 aromatic rings. The fourth-order valence-corrected chi connectivity index (χ4v) is 3.96. The summed E-state index contributed by atoms with van der Waals surface area (Å²) >= 11 is 5.76. The van der Waals surface area contributed by atoms with Crippen molar-refractivity contribution in [1.29, 1.82) is 0 Å². The number of rotatable bonds is 6. The van der Waals surface area contributed by atoms with Crippen LogP contribution in [0.2, 0.25) is 5.02 Å². The summed E-state index contributed by atoms with van der Waals surface area (Å²) in [5.74, 6) is 0.802. The summed E-state index contributed by atoms with van der Waals surface area (Å²) in [5.41, 5.74) is 0. The monoisotopic (exact) mass is 331 g/mol. The summed E-state index contributed by atoms with van der Waals surface area (Å²) in [6, 6.07) is 6.78. The molecule has 7 heteroatoms. The Morgan fingerprint density at radius 3 is 2.67 bits per heavy atom. The summed E-state index contributed by atoms with van der Waals surface area (Å²) in [7, 11) is -2.96. The Hall–Kier alpha value is -1.27. The van der Waals surface area contributed by atoms with E-state index in [-0.39, 0.29) is 23.5 Å². The van der Waals surface area contributed by atoms with Gasteiger partial charge in [0.15, 0.2) is 9.84 Å². The van der Waals surface area contributed by atoms with E-state index in [1.165, 1.54) is 0 Å². The molecule has 21 heavy (non-hydrogen) atoms. The van der Waals surface area contributed by atoms with Crippen LogP contribution in [0.1, 0.15) is 19.3 Å². The van der Waals surface area contributed by atoms with E-state index < -0.39 is 9.84 Å². The van der Waals surface area contributed by atoms with E-state index in [0.29, 0.717) is 36.6 Å². The second-order valence-electron chi connectivity index (χ2n) is 5.07. The lowest BCUT2D eigenvalue weighted by molar-refractivity contribution is -0.121. The van der Waals surface area contributed by atoms with Crippen LogP contribution in [0.5, 0.6) is 5.75 Å². The van der Waals surface area contributed by atoms with Crippen LogP contribution in [0.3, 0.4) is 0 Å². The van der Waals surface area contributed by atoms with Crippen LogP contribution in [-0.4, -0.2) is 38.5 Å². The van der Waals surface area contributed by atoms with Gasteiger partial charge in [-0.25, -0.2) is 8.42 Å². The third-order valence-electron chi connectivity index (χ3n) is 3.23. The van der Waals surface area contributed by atoms with Crippen LogP contribution < -0.4 is 10.1 Å². The highest BCUT2D eigenvalue weighted by Gasteiger charge is 2.28. The summed E-state index contributed by atoms with van der Waals surface area (Å²) in [6.45, 7) is 0.429. The van der Waals surface area contributed by atoms with E-state index in [1.807, 2.05) is 0 Å². The van der Waals surface area contributed by atoms with Gasteiger partial charge in [0.2, 0.25) is 5.91 Å². The average molecular weight is 332 g/mol. The molecule has 1 amide bonds. The molecule has 0 radical (unpaired) electrons. The first-order chi connectivity index (χ1) is 9.94. The maximum absolute atomic E-state index is 11.7. The van der Waals surface area contributed by atoms with Gasteiger partial charge in [0.1, 0.15) is 5.75 Å². The maximum Gasteiger partial charge on any atom is 0.220 e. The Balaban J connectivity index is 1.62. The molecule has 1 heterocycles. The van der Waals surface area contributed by atoms with Gasteiger partial charge < -0.3 is 10.1 Å². The minimum atomic E-state index is -2.96. The van der Waals surface area contributed by atoms with Gasteiger partial charge in [-0.3, -0.25) is 4.79 Å². The van der Waals surface area contributed by atoms with Crippen LogP contribution in [0.25, 0.3) is 0 Å². The number of carbonyl (C=O) groups is 1. The highest BCUT2D eigenvalue weighted by atomic mass is 35.5. The predicted molar refractivity (Wildman–Crippen MR) is 81.4 cm³/mol. The predicted octanol–water partition coefficient (Wildman–Crippen LogP) is 1.80. The molecule has 0 bridgehead atoms. The first-order valence-electron chi connectivity index (χ1n) is 6.83. The van der Waals surface area contributed by atoms with Gasteiger partial charge >= 0.3 is 0 Å². The first-order valence-corrected chi connectivity index (χ1v) is 9.03. The summed E-state index contributed by atoms with van der Waals surface area (Å²) < 4.78 is 28.0. The Morgan fingerprint density at radius 2 is 2.05 bits per heavy atom. The number of hydrogen-bond donors (Lipinski definition) is 1. The maximum atomic E-state index is 11.7. The Bertz CT molecular complexity index is 585. The molecule has 116 valence electrons. The lowest BCUT2D eigenvalue weighted by Crippen LogP contribution is -2.35. The van der Waals surface area contributed by atoms with Crippen molar-refractivity contribution in [3.05, 3.63) is 29.3 Å². The lowest BCUT2D eigenvalue weighted by Gasteiger charge is -2.11. The fraction of sp³-hybridized carbons (Fsp3) is 0.500. The minimum absolute atomic E-state index is 0.0556. The van der Waals surface area contributed by atoms with E-state index in [0.717, 1.165) is 0 Å². The molecule has 1 fully saturated rings. The quantitative estimate of drug-likeness (QED) is 0.807. The van der Waals surface area contributed by atoms with Crippen molar-refractivity contribution < 1.29 is 17.9 Å². The molecule has 1 aromatic carbocycles. The fourth-order valence-electron chi connectivity index (χ4n) is 2.16. The zero-order chi connectivity index (χ0) is 15.3. The van der Waals surface area contributed by atoms with Crippen LogP contribution in [0, 0.1) is 0 Å². The molecule has 0 saturated carbocycles. The third kappa shape index (κ3) is 5.55. The van der Waals surface area contributed by atoms with Gasteiger partial charge in [-0.2, -0.15) is 0 Å². The lowest BCUT2D eigenvalue weighted by atomic mass is 10.2. The molecule has 1 unspecified atom stereocenters. The van der Waals surface area contributed by atoms with Gasteiger partial charge in [0.05, 0.1) is 18.1 Å². The Morgan fingerprint density at radius 1 is 1.33 bits per heavy atom. The molecule has 1 aliphatic rings. The molecule has 1 N–H and O–H groups in total. The number of carbonyl (C=O) groups excluding carboxylic acids is 1. The summed E-state index contributed by atoms with van der Waals surface area (Å²) in [4.78, 5) is 11.7. The Labute approximate surface area is 129 Å². The zero-order valence-electron chi connectivity index (χ0n) is 11.5. The first kappa shape index (κ1) is 16.1. The van der Waals surface area contributed by atoms with Gasteiger partial charge in [-0.1, -0.05) is 11.6 Å². The van der Waals surface area contributed by atoms with Crippen LogP contribution in [-0.2, 0) is 14.6 Å². The van der Waals surface area contributed by atoms with Gasteiger partial charge in [-0.15, -0.1) is 0 Å². The number of hydrogen-bond acceptors (Lipinski definition) is 4. The highest BCUT2D eigenvalue weighted by molar-refractivity contribution is 7.91. The second kappa shape index (κ2) is 7.13. The number of ether oxygens (including phenoxy) is 1. The van der Waals surface area contributed by atoms with Gasteiger partial charge in [0.25, 0.3) is 0 Å². The number of halogens is 1. The molecule has 0 aliphatic carbocycles. The number of benzene rings is 1. The molecule has 0 aromatic heterocycles. The number of sulfone groups is 1. The van der Waals surface area contributed by atoms with Crippen molar-refractivity contribution in [3.63, 3.8) is 0 Å². The third-order valence-corrected chi connectivity index (χ3v) is 5.25.